The third-order valence-corrected chi connectivity index (χ3v) is 17.3. The van der Waals surface area contributed by atoms with Crippen LogP contribution in [0.2, 0.25) is 0 Å². The van der Waals surface area contributed by atoms with Crippen molar-refractivity contribution < 1.29 is 24.5 Å². The van der Waals surface area contributed by atoms with E-state index in [9.17, 15) is 19.8 Å². The number of esters is 1. The first-order chi connectivity index (χ1) is 39.0. The summed E-state index contributed by atoms with van der Waals surface area (Å²) in [5.74, 6) is -0.0182. The first-order valence-corrected chi connectivity index (χ1v) is 36.4. The summed E-state index contributed by atoms with van der Waals surface area (Å²) in [6.07, 6.45) is 85.5. The third-order valence-electron chi connectivity index (χ3n) is 17.3. The molecule has 0 aliphatic rings. The van der Waals surface area contributed by atoms with Crippen LogP contribution in [-0.4, -0.2) is 47.4 Å². The molecule has 0 spiro atoms. The predicted molar refractivity (Wildman–Crippen MR) is 347 cm³/mol. The van der Waals surface area contributed by atoms with E-state index >= 15 is 0 Å². The van der Waals surface area contributed by atoms with Crippen molar-refractivity contribution in [3.05, 3.63) is 12.2 Å². The Kier molecular flexibility index (Phi) is 67.9. The molecular weight excluding hydrogens is 971 g/mol. The molecule has 0 heterocycles. The monoisotopic (exact) mass is 1110 g/mol. The lowest BCUT2D eigenvalue weighted by atomic mass is 10.0. The van der Waals surface area contributed by atoms with Gasteiger partial charge in [0.1, 0.15) is 0 Å². The minimum absolute atomic E-state index is 0.00915. The molecule has 0 aliphatic heterocycles. The smallest absolute Gasteiger partial charge is 0.305 e. The second kappa shape index (κ2) is 69.1. The standard InChI is InChI=1S/C73H143NO5/c1-3-5-7-9-11-13-15-17-18-19-20-21-26-29-32-35-38-42-45-49-53-57-61-65-71(76)70(69-75)74-72(77)66-62-58-54-50-46-43-39-36-33-30-27-24-22-23-25-28-31-34-37-40-44-48-52-56-60-64-68-79-73(78)67-63-59-55-51-47-41-16-14-12-10-8-6-4-2/h14,16,70-71,75-76H,3-13,15,17-69H2,1-2H3,(H,74,77)/b16-14-. The Balaban J connectivity index is 3.36. The zero-order chi connectivity index (χ0) is 57.1. The number of hydrogen-bond donors (Lipinski definition) is 3. The Morgan fingerprint density at radius 2 is 0.595 bits per heavy atom. The first-order valence-electron chi connectivity index (χ1n) is 36.4. The van der Waals surface area contributed by atoms with E-state index in [-0.39, 0.29) is 18.5 Å². The Morgan fingerprint density at radius 3 is 0.911 bits per heavy atom. The van der Waals surface area contributed by atoms with Gasteiger partial charge in [0, 0.05) is 12.8 Å². The van der Waals surface area contributed by atoms with Crippen LogP contribution in [0.15, 0.2) is 12.2 Å². The van der Waals surface area contributed by atoms with Gasteiger partial charge in [-0.15, -0.1) is 0 Å². The van der Waals surface area contributed by atoms with Gasteiger partial charge in [0.15, 0.2) is 0 Å². The molecule has 1 amide bonds. The molecule has 79 heavy (non-hydrogen) atoms. The second-order valence-electron chi connectivity index (χ2n) is 25.3. The fourth-order valence-electron chi connectivity index (χ4n) is 11.8. The maximum absolute atomic E-state index is 12.6. The molecule has 0 aliphatic carbocycles. The molecule has 0 bridgehead atoms. The van der Waals surface area contributed by atoms with E-state index in [1.165, 1.54) is 340 Å². The zero-order valence-corrected chi connectivity index (χ0v) is 53.9. The summed E-state index contributed by atoms with van der Waals surface area (Å²) in [5, 5.41) is 23.5. The van der Waals surface area contributed by atoms with Gasteiger partial charge in [0.2, 0.25) is 5.91 Å². The SMILES string of the molecule is CCCCCC/C=C\CCCCCCCC(=O)OCCCCCCCCCCCCCCCCCCCCCCCCCCCCC(=O)NC(CO)C(O)CCCCCCCCCCCCCCCCCCCCCCCCC. The highest BCUT2D eigenvalue weighted by Crippen LogP contribution is 2.20. The Labute approximate surface area is 495 Å². The van der Waals surface area contributed by atoms with Gasteiger partial charge in [0.05, 0.1) is 25.4 Å². The van der Waals surface area contributed by atoms with Crippen LogP contribution in [0, 0.1) is 0 Å². The van der Waals surface area contributed by atoms with Gasteiger partial charge in [-0.25, -0.2) is 0 Å². The highest BCUT2D eigenvalue weighted by Gasteiger charge is 2.20. The molecule has 2 atom stereocenters. The number of aliphatic hydroxyl groups is 2. The van der Waals surface area contributed by atoms with Crippen LogP contribution in [0.4, 0.5) is 0 Å². The summed E-state index contributed by atoms with van der Waals surface area (Å²) >= 11 is 0. The zero-order valence-electron chi connectivity index (χ0n) is 53.9. The van der Waals surface area contributed by atoms with Crippen molar-refractivity contribution in [2.45, 2.75) is 431 Å². The van der Waals surface area contributed by atoms with Gasteiger partial charge < -0.3 is 20.3 Å². The van der Waals surface area contributed by atoms with Crippen molar-refractivity contribution >= 4 is 11.9 Å². The summed E-state index contributed by atoms with van der Waals surface area (Å²) in [6.45, 7) is 4.98. The predicted octanol–water partition coefficient (Wildman–Crippen LogP) is 23.5. The lowest BCUT2D eigenvalue weighted by molar-refractivity contribution is -0.143. The normalized spacial score (nSPS) is 12.5. The fraction of sp³-hybridized carbons (Fsp3) is 0.945. The first kappa shape index (κ1) is 77.6. The number of amides is 1. The minimum atomic E-state index is -0.663. The summed E-state index contributed by atoms with van der Waals surface area (Å²) < 4.78 is 5.48. The van der Waals surface area contributed by atoms with Crippen LogP contribution < -0.4 is 5.32 Å². The van der Waals surface area contributed by atoms with Crippen LogP contribution in [0.5, 0.6) is 0 Å². The molecule has 0 saturated carbocycles. The van der Waals surface area contributed by atoms with Crippen molar-refractivity contribution in [3.63, 3.8) is 0 Å². The number of allylic oxidation sites excluding steroid dienone is 2. The summed E-state index contributed by atoms with van der Waals surface area (Å²) in [5.41, 5.74) is 0. The molecule has 0 rings (SSSR count). The number of hydrogen-bond acceptors (Lipinski definition) is 5. The average Bonchev–Trinajstić information content (AvgIpc) is 3.45. The quantitative estimate of drug-likeness (QED) is 0.0320. The summed E-state index contributed by atoms with van der Waals surface area (Å²) in [4.78, 5) is 24.6. The summed E-state index contributed by atoms with van der Waals surface area (Å²) in [7, 11) is 0. The highest BCUT2D eigenvalue weighted by atomic mass is 16.5. The fourth-order valence-corrected chi connectivity index (χ4v) is 11.8. The Bertz CT molecular complexity index is 1190. The molecule has 6 heteroatoms. The second-order valence-corrected chi connectivity index (χ2v) is 25.3. The number of carbonyl (C=O) groups is 2. The molecule has 0 fully saturated rings. The molecule has 6 nitrogen and oxygen atoms in total. The molecule has 0 radical (unpaired) electrons. The average molecular weight is 1110 g/mol. The van der Waals surface area contributed by atoms with Gasteiger partial charge in [-0.1, -0.05) is 366 Å². The van der Waals surface area contributed by atoms with Crippen molar-refractivity contribution in [3.8, 4) is 0 Å². The van der Waals surface area contributed by atoms with E-state index in [0.717, 1.165) is 44.9 Å². The van der Waals surface area contributed by atoms with E-state index < -0.39 is 12.1 Å². The Morgan fingerprint density at radius 1 is 0.342 bits per heavy atom. The van der Waals surface area contributed by atoms with Gasteiger partial charge in [-0.3, -0.25) is 9.59 Å². The van der Waals surface area contributed by atoms with E-state index in [1.807, 2.05) is 0 Å². The lowest BCUT2D eigenvalue weighted by Gasteiger charge is -2.22. The van der Waals surface area contributed by atoms with Gasteiger partial charge in [-0.2, -0.15) is 0 Å². The van der Waals surface area contributed by atoms with Crippen molar-refractivity contribution in [1.82, 2.24) is 5.32 Å². The van der Waals surface area contributed by atoms with E-state index in [1.54, 1.807) is 0 Å². The van der Waals surface area contributed by atoms with E-state index in [4.69, 9.17) is 4.74 Å². The van der Waals surface area contributed by atoms with Gasteiger partial charge in [-0.05, 0) is 51.4 Å². The van der Waals surface area contributed by atoms with E-state index in [2.05, 4.69) is 31.3 Å². The van der Waals surface area contributed by atoms with Crippen LogP contribution in [0.1, 0.15) is 418 Å². The molecule has 3 N–H and O–H groups in total. The Hall–Kier alpha value is -1.40. The molecule has 470 valence electrons. The number of ether oxygens (including phenoxy) is 1. The molecule has 0 aromatic rings. The minimum Gasteiger partial charge on any atom is -0.466 e. The van der Waals surface area contributed by atoms with E-state index in [0.29, 0.717) is 25.9 Å². The number of rotatable bonds is 69. The molecule has 0 aromatic carbocycles. The van der Waals surface area contributed by atoms with Crippen LogP contribution in [-0.2, 0) is 14.3 Å². The van der Waals surface area contributed by atoms with Crippen LogP contribution >= 0.6 is 0 Å². The lowest BCUT2D eigenvalue weighted by Crippen LogP contribution is -2.45. The number of carbonyl (C=O) groups excluding carboxylic acids is 2. The molecule has 0 aromatic heterocycles. The molecular formula is C73H143NO5. The topological polar surface area (TPSA) is 95.9 Å². The third kappa shape index (κ3) is 65.6. The van der Waals surface area contributed by atoms with Gasteiger partial charge in [0.25, 0.3) is 0 Å². The van der Waals surface area contributed by atoms with Crippen LogP contribution in [0.3, 0.4) is 0 Å². The number of nitrogens with one attached hydrogen (secondary N) is 1. The number of aliphatic hydroxyl groups excluding tert-OH is 2. The van der Waals surface area contributed by atoms with Gasteiger partial charge >= 0.3 is 5.97 Å². The summed E-state index contributed by atoms with van der Waals surface area (Å²) in [6, 6.07) is -0.540. The van der Waals surface area contributed by atoms with Crippen molar-refractivity contribution in [2.24, 2.45) is 0 Å². The maximum atomic E-state index is 12.6. The van der Waals surface area contributed by atoms with Crippen molar-refractivity contribution in [2.75, 3.05) is 13.2 Å². The largest absolute Gasteiger partial charge is 0.466 e. The highest BCUT2D eigenvalue weighted by molar-refractivity contribution is 5.76. The number of unbranched alkanes of at least 4 members (excludes halogenated alkanes) is 56. The maximum Gasteiger partial charge on any atom is 0.305 e. The molecule has 0 saturated heterocycles. The van der Waals surface area contributed by atoms with Crippen LogP contribution in [0.25, 0.3) is 0 Å². The van der Waals surface area contributed by atoms with Crippen molar-refractivity contribution in [1.29, 1.82) is 0 Å². The molecule has 2 unspecified atom stereocenters.